The largest absolute Gasteiger partial charge is 0.387 e. The van der Waals surface area contributed by atoms with E-state index in [0.717, 1.165) is 0 Å². The van der Waals surface area contributed by atoms with Crippen molar-refractivity contribution in [2.75, 3.05) is 0 Å². The molecule has 2 rings (SSSR count). The van der Waals surface area contributed by atoms with Crippen LogP contribution in [0.1, 0.15) is 23.7 Å². The minimum Gasteiger partial charge on any atom is -0.387 e. The lowest BCUT2D eigenvalue weighted by Crippen LogP contribution is -2.33. The van der Waals surface area contributed by atoms with Gasteiger partial charge < -0.3 is 10.8 Å². The maximum atomic E-state index is 13.2. The summed E-state index contributed by atoms with van der Waals surface area (Å²) >= 11 is 0. The molecule has 0 heterocycles. The first-order chi connectivity index (χ1) is 6.20. The molecule has 13 heavy (non-hydrogen) atoms. The summed E-state index contributed by atoms with van der Waals surface area (Å²) in [5.41, 5.74) is 6.94. The number of fused-ring (bicyclic) bond motifs is 1. The maximum absolute atomic E-state index is 13.2. The highest BCUT2D eigenvalue weighted by Gasteiger charge is 2.26. The second kappa shape index (κ2) is 3.09. The molecule has 0 aliphatic heterocycles. The molecule has 1 aliphatic rings. The summed E-state index contributed by atoms with van der Waals surface area (Å²) in [6, 6.07) is 4.51. The maximum Gasteiger partial charge on any atom is 0.126 e. The van der Waals surface area contributed by atoms with Crippen LogP contribution in [-0.2, 0) is 6.42 Å². The molecule has 3 N–H and O–H groups in total. The zero-order valence-electron chi connectivity index (χ0n) is 7.20. The molecule has 1 aromatic rings. The second-order valence-corrected chi connectivity index (χ2v) is 3.45. The van der Waals surface area contributed by atoms with E-state index >= 15 is 0 Å². The molecule has 70 valence electrons. The summed E-state index contributed by atoms with van der Waals surface area (Å²) in [5, 5.41) is 9.66. The van der Waals surface area contributed by atoms with Crippen LogP contribution in [0.5, 0.6) is 0 Å². The number of halogens is 1. The molecule has 2 nitrogen and oxygen atoms in total. The number of rotatable bonds is 0. The molecule has 0 spiro atoms. The van der Waals surface area contributed by atoms with Gasteiger partial charge in [-0.3, -0.25) is 0 Å². The summed E-state index contributed by atoms with van der Waals surface area (Å²) < 4.78 is 13.2. The Labute approximate surface area is 76.2 Å². The molecule has 0 fully saturated rings. The van der Waals surface area contributed by atoms with E-state index in [1.165, 1.54) is 6.07 Å². The van der Waals surface area contributed by atoms with Crippen LogP contribution < -0.4 is 5.73 Å². The van der Waals surface area contributed by atoms with Crippen LogP contribution in [0.2, 0.25) is 0 Å². The number of hydrogen-bond acceptors (Lipinski definition) is 2. The first kappa shape index (κ1) is 8.66. The summed E-state index contributed by atoms with van der Waals surface area (Å²) in [4.78, 5) is 0. The highest BCUT2D eigenvalue weighted by molar-refractivity contribution is 5.33. The van der Waals surface area contributed by atoms with E-state index in [1.807, 2.05) is 0 Å². The van der Waals surface area contributed by atoms with Gasteiger partial charge in [-0.25, -0.2) is 4.39 Å². The topological polar surface area (TPSA) is 46.2 Å². The molecular weight excluding hydrogens is 169 g/mol. The molecular formula is C10H12FNO. The third kappa shape index (κ3) is 1.34. The van der Waals surface area contributed by atoms with E-state index in [1.54, 1.807) is 12.1 Å². The molecule has 0 amide bonds. The van der Waals surface area contributed by atoms with Crippen molar-refractivity contribution in [2.45, 2.75) is 25.0 Å². The number of aliphatic hydroxyl groups is 1. The van der Waals surface area contributed by atoms with Crippen molar-refractivity contribution in [1.82, 2.24) is 0 Å². The van der Waals surface area contributed by atoms with E-state index in [-0.39, 0.29) is 11.9 Å². The molecule has 1 aromatic carbocycles. The Morgan fingerprint density at radius 2 is 2.23 bits per heavy atom. The van der Waals surface area contributed by atoms with Crippen molar-refractivity contribution in [3.63, 3.8) is 0 Å². The Morgan fingerprint density at radius 1 is 1.46 bits per heavy atom. The summed E-state index contributed by atoms with van der Waals surface area (Å²) in [7, 11) is 0. The lowest BCUT2D eigenvalue weighted by atomic mass is 9.86. The number of benzene rings is 1. The fourth-order valence-electron chi connectivity index (χ4n) is 1.82. The SMILES string of the molecule is N[C@@H]1CCc2c(F)cccc2[C@H]1O. The van der Waals surface area contributed by atoms with Crippen molar-refractivity contribution in [3.05, 3.63) is 35.1 Å². The molecule has 1 aliphatic carbocycles. The van der Waals surface area contributed by atoms with Crippen molar-refractivity contribution >= 4 is 0 Å². The highest BCUT2D eigenvalue weighted by atomic mass is 19.1. The van der Waals surface area contributed by atoms with Crippen LogP contribution in [0.4, 0.5) is 4.39 Å². The first-order valence-electron chi connectivity index (χ1n) is 4.41. The van der Waals surface area contributed by atoms with Gasteiger partial charge in [0.15, 0.2) is 0 Å². The van der Waals surface area contributed by atoms with Gasteiger partial charge >= 0.3 is 0 Å². The normalized spacial score (nSPS) is 27.0. The minimum absolute atomic E-state index is 0.233. The predicted molar refractivity (Wildman–Crippen MR) is 47.7 cm³/mol. The van der Waals surface area contributed by atoms with Gasteiger partial charge in [0.2, 0.25) is 0 Å². The monoisotopic (exact) mass is 181 g/mol. The van der Waals surface area contributed by atoms with E-state index in [9.17, 15) is 9.50 Å². The van der Waals surface area contributed by atoms with Crippen molar-refractivity contribution in [2.24, 2.45) is 5.73 Å². The van der Waals surface area contributed by atoms with Gasteiger partial charge in [0.1, 0.15) is 5.82 Å². The smallest absolute Gasteiger partial charge is 0.126 e. The van der Waals surface area contributed by atoms with Crippen LogP contribution in [0.25, 0.3) is 0 Å². The summed E-state index contributed by atoms with van der Waals surface area (Å²) in [5.74, 6) is -0.233. The van der Waals surface area contributed by atoms with Gasteiger partial charge in [-0.2, -0.15) is 0 Å². The Hall–Kier alpha value is -0.930. The van der Waals surface area contributed by atoms with Crippen molar-refractivity contribution in [1.29, 1.82) is 0 Å². The molecule has 0 saturated carbocycles. The zero-order valence-corrected chi connectivity index (χ0v) is 7.20. The number of aliphatic hydroxyl groups excluding tert-OH is 1. The van der Waals surface area contributed by atoms with Gasteiger partial charge in [0.25, 0.3) is 0 Å². The zero-order chi connectivity index (χ0) is 9.42. The lowest BCUT2D eigenvalue weighted by Gasteiger charge is -2.27. The van der Waals surface area contributed by atoms with Crippen molar-refractivity contribution in [3.8, 4) is 0 Å². The lowest BCUT2D eigenvalue weighted by molar-refractivity contribution is 0.133. The predicted octanol–water partition coefficient (Wildman–Crippen LogP) is 1.13. The van der Waals surface area contributed by atoms with E-state index < -0.39 is 6.10 Å². The fraction of sp³-hybridized carbons (Fsp3) is 0.400. The number of nitrogens with two attached hydrogens (primary N) is 1. The van der Waals surface area contributed by atoms with Crippen LogP contribution >= 0.6 is 0 Å². The number of hydrogen-bond donors (Lipinski definition) is 2. The van der Waals surface area contributed by atoms with Gasteiger partial charge in [-0.15, -0.1) is 0 Å². The fourth-order valence-corrected chi connectivity index (χ4v) is 1.82. The van der Waals surface area contributed by atoms with Crippen LogP contribution in [-0.4, -0.2) is 11.1 Å². The van der Waals surface area contributed by atoms with Crippen LogP contribution in [0.15, 0.2) is 18.2 Å². The molecule has 0 unspecified atom stereocenters. The molecule has 2 atom stereocenters. The third-order valence-corrected chi connectivity index (χ3v) is 2.61. The van der Waals surface area contributed by atoms with Gasteiger partial charge in [0.05, 0.1) is 6.10 Å². The third-order valence-electron chi connectivity index (χ3n) is 2.61. The average molecular weight is 181 g/mol. The Kier molecular flexibility index (Phi) is 2.06. The molecule has 0 aromatic heterocycles. The molecule has 0 radical (unpaired) electrons. The summed E-state index contributed by atoms with van der Waals surface area (Å²) in [6.45, 7) is 0. The second-order valence-electron chi connectivity index (χ2n) is 3.45. The Bertz CT molecular complexity index is 327. The van der Waals surface area contributed by atoms with E-state index in [0.29, 0.717) is 24.0 Å². The average Bonchev–Trinajstić information content (AvgIpc) is 2.12. The van der Waals surface area contributed by atoms with Crippen molar-refractivity contribution < 1.29 is 9.50 Å². The van der Waals surface area contributed by atoms with Gasteiger partial charge in [0, 0.05) is 6.04 Å². The minimum atomic E-state index is -0.709. The molecule has 0 bridgehead atoms. The van der Waals surface area contributed by atoms with Crippen LogP contribution in [0, 0.1) is 5.82 Å². The molecule has 0 saturated heterocycles. The van der Waals surface area contributed by atoms with E-state index in [4.69, 9.17) is 5.73 Å². The quantitative estimate of drug-likeness (QED) is 0.630. The Morgan fingerprint density at radius 3 is 3.00 bits per heavy atom. The van der Waals surface area contributed by atoms with Gasteiger partial charge in [-0.05, 0) is 30.0 Å². The summed E-state index contributed by atoms with van der Waals surface area (Å²) in [6.07, 6.45) is 0.564. The first-order valence-corrected chi connectivity index (χ1v) is 4.41. The molecule has 3 heteroatoms. The van der Waals surface area contributed by atoms with E-state index in [2.05, 4.69) is 0 Å². The van der Waals surface area contributed by atoms with Crippen LogP contribution in [0.3, 0.4) is 0 Å². The Balaban J connectivity index is 2.49. The highest BCUT2D eigenvalue weighted by Crippen LogP contribution is 2.30. The van der Waals surface area contributed by atoms with Gasteiger partial charge in [-0.1, -0.05) is 12.1 Å². The standard InChI is InChI=1S/C10H12FNO/c11-8-3-1-2-7-6(8)4-5-9(12)10(7)13/h1-3,9-10,13H,4-5,12H2/t9-,10-/m1/s1.